The summed E-state index contributed by atoms with van der Waals surface area (Å²) in [5.74, 6) is 0.721. The maximum Gasteiger partial charge on any atom is 0.122 e. The van der Waals surface area contributed by atoms with Crippen LogP contribution in [0.5, 0.6) is 5.75 Å². The van der Waals surface area contributed by atoms with Gasteiger partial charge in [0.25, 0.3) is 0 Å². The van der Waals surface area contributed by atoms with Crippen molar-refractivity contribution in [2.75, 3.05) is 7.11 Å². The van der Waals surface area contributed by atoms with Crippen LogP contribution in [0.15, 0.2) is 34.9 Å². The van der Waals surface area contributed by atoms with Crippen LogP contribution in [0, 0.1) is 0 Å². The zero-order chi connectivity index (χ0) is 13.8. The number of aromatic nitrogens is 2. The number of aliphatic hydroxyl groups excluding tert-OH is 1. The molecule has 2 aromatic rings. The molecule has 0 aliphatic carbocycles. The van der Waals surface area contributed by atoms with Gasteiger partial charge in [0.2, 0.25) is 0 Å². The average molecular weight is 325 g/mol. The van der Waals surface area contributed by atoms with E-state index in [1.54, 1.807) is 13.3 Å². The van der Waals surface area contributed by atoms with E-state index in [2.05, 4.69) is 28.0 Å². The number of ether oxygens (including phenoxy) is 1. The Balaban J connectivity index is 2.37. The van der Waals surface area contributed by atoms with E-state index in [4.69, 9.17) is 4.74 Å². The minimum Gasteiger partial charge on any atom is -0.497 e. The van der Waals surface area contributed by atoms with Crippen LogP contribution in [-0.2, 0) is 6.54 Å². The second-order valence-corrected chi connectivity index (χ2v) is 5.12. The van der Waals surface area contributed by atoms with Crippen molar-refractivity contribution in [2.24, 2.45) is 0 Å². The first-order valence-electron chi connectivity index (χ1n) is 6.20. The second-order valence-electron chi connectivity index (χ2n) is 4.27. The van der Waals surface area contributed by atoms with E-state index < -0.39 is 6.10 Å². The molecule has 0 aliphatic rings. The van der Waals surface area contributed by atoms with E-state index in [0.29, 0.717) is 0 Å². The van der Waals surface area contributed by atoms with Gasteiger partial charge in [0.15, 0.2) is 0 Å². The molecule has 1 aromatic heterocycles. The maximum absolute atomic E-state index is 10.5. The van der Waals surface area contributed by atoms with Crippen LogP contribution >= 0.6 is 15.9 Å². The molecule has 0 spiro atoms. The van der Waals surface area contributed by atoms with Gasteiger partial charge in [-0.1, -0.05) is 22.9 Å². The monoisotopic (exact) mass is 324 g/mol. The summed E-state index contributed by atoms with van der Waals surface area (Å²) in [5.41, 5.74) is 1.56. The number of rotatable bonds is 5. The van der Waals surface area contributed by atoms with E-state index >= 15 is 0 Å². The molecule has 0 saturated carbocycles. The van der Waals surface area contributed by atoms with Crippen molar-refractivity contribution in [1.82, 2.24) is 9.78 Å². The van der Waals surface area contributed by atoms with Crippen LogP contribution in [0.2, 0.25) is 0 Å². The SMILES string of the molecule is CCCn1nccc1C(O)c1cc(OC)ccc1Br. The first-order valence-corrected chi connectivity index (χ1v) is 7.00. The number of halogens is 1. The quantitative estimate of drug-likeness (QED) is 0.919. The molecule has 1 aromatic carbocycles. The maximum atomic E-state index is 10.5. The highest BCUT2D eigenvalue weighted by Crippen LogP contribution is 2.31. The smallest absolute Gasteiger partial charge is 0.122 e. The highest BCUT2D eigenvalue weighted by molar-refractivity contribution is 9.10. The van der Waals surface area contributed by atoms with Crippen molar-refractivity contribution in [3.63, 3.8) is 0 Å². The molecule has 4 nitrogen and oxygen atoms in total. The van der Waals surface area contributed by atoms with E-state index in [9.17, 15) is 5.11 Å². The molecule has 0 fully saturated rings. The molecule has 2 rings (SSSR count). The molecule has 0 aliphatic heterocycles. The van der Waals surface area contributed by atoms with Gasteiger partial charge in [0.1, 0.15) is 11.9 Å². The first-order chi connectivity index (χ1) is 9.17. The normalized spacial score (nSPS) is 12.4. The van der Waals surface area contributed by atoms with Crippen molar-refractivity contribution in [2.45, 2.75) is 26.0 Å². The summed E-state index contributed by atoms with van der Waals surface area (Å²) in [6, 6.07) is 7.39. The lowest BCUT2D eigenvalue weighted by molar-refractivity contribution is 0.206. The summed E-state index contributed by atoms with van der Waals surface area (Å²) in [5, 5.41) is 14.8. The topological polar surface area (TPSA) is 47.3 Å². The van der Waals surface area contributed by atoms with Crippen LogP contribution in [0.25, 0.3) is 0 Å². The summed E-state index contributed by atoms with van der Waals surface area (Å²) in [6.07, 6.45) is 1.96. The fourth-order valence-corrected chi connectivity index (χ4v) is 2.45. The van der Waals surface area contributed by atoms with Crippen molar-refractivity contribution in [1.29, 1.82) is 0 Å². The number of nitrogens with zero attached hydrogens (tertiary/aromatic N) is 2. The summed E-state index contributed by atoms with van der Waals surface area (Å²) in [7, 11) is 1.61. The number of aryl methyl sites for hydroxylation is 1. The van der Waals surface area contributed by atoms with Gasteiger partial charge >= 0.3 is 0 Å². The van der Waals surface area contributed by atoms with Crippen molar-refractivity contribution < 1.29 is 9.84 Å². The van der Waals surface area contributed by atoms with Crippen LogP contribution in [0.1, 0.15) is 30.7 Å². The highest BCUT2D eigenvalue weighted by Gasteiger charge is 2.18. The van der Waals surface area contributed by atoms with Gasteiger partial charge in [0.05, 0.1) is 12.8 Å². The molecule has 19 heavy (non-hydrogen) atoms. The van der Waals surface area contributed by atoms with Crippen LogP contribution < -0.4 is 4.74 Å². The van der Waals surface area contributed by atoms with Gasteiger partial charge in [-0.05, 0) is 30.7 Å². The van der Waals surface area contributed by atoms with E-state index in [1.807, 2.05) is 28.9 Å². The summed E-state index contributed by atoms with van der Waals surface area (Å²) in [4.78, 5) is 0. The molecule has 0 amide bonds. The average Bonchev–Trinajstić information content (AvgIpc) is 2.87. The molecule has 5 heteroatoms. The molecule has 1 unspecified atom stereocenters. The lowest BCUT2D eigenvalue weighted by Gasteiger charge is -2.15. The van der Waals surface area contributed by atoms with Crippen molar-refractivity contribution in [3.8, 4) is 5.75 Å². The lowest BCUT2D eigenvalue weighted by atomic mass is 10.1. The molecule has 1 heterocycles. The predicted molar refractivity (Wildman–Crippen MR) is 77.3 cm³/mol. The standard InChI is InChI=1S/C14H17BrN2O2/c1-3-8-17-13(6-7-16-17)14(18)11-9-10(19-2)4-5-12(11)15/h4-7,9,14,18H,3,8H2,1-2H3. The zero-order valence-corrected chi connectivity index (χ0v) is 12.6. The molecule has 0 radical (unpaired) electrons. The molecule has 1 N–H and O–H groups in total. The van der Waals surface area contributed by atoms with Crippen LogP contribution in [-0.4, -0.2) is 22.0 Å². The molecular weight excluding hydrogens is 308 g/mol. The number of hydrogen-bond donors (Lipinski definition) is 1. The summed E-state index contributed by atoms with van der Waals surface area (Å²) < 4.78 is 7.88. The Hall–Kier alpha value is -1.33. The lowest BCUT2D eigenvalue weighted by Crippen LogP contribution is -2.10. The van der Waals surface area contributed by atoms with E-state index in [-0.39, 0.29) is 0 Å². The van der Waals surface area contributed by atoms with Crippen molar-refractivity contribution in [3.05, 3.63) is 46.2 Å². The zero-order valence-electron chi connectivity index (χ0n) is 11.0. The van der Waals surface area contributed by atoms with E-state index in [0.717, 1.165) is 34.4 Å². The van der Waals surface area contributed by atoms with Gasteiger partial charge in [-0.25, -0.2) is 0 Å². The third kappa shape index (κ3) is 2.98. The Morgan fingerprint density at radius 2 is 2.21 bits per heavy atom. The van der Waals surface area contributed by atoms with Crippen LogP contribution in [0.4, 0.5) is 0 Å². The van der Waals surface area contributed by atoms with Gasteiger partial charge < -0.3 is 9.84 Å². The summed E-state index contributed by atoms with van der Waals surface area (Å²) in [6.45, 7) is 2.88. The Bertz CT molecular complexity index is 554. The van der Waals surface area contributed by atoms with E-state index in [1.165, 1.54) is 0 Å². The highest BCUT2D eigenvalue weighted by atomic mass is 79.9. The third-order valence-corrected chi connectivity index (χ3v) is 3.68. The minimum atomic E-state index is -0.724. The number of benzene rings is 1. The largest absolute Gasteiger partial charge is 0.497 e. The molecule has 0 bridgehead atoms. The Labute approximate surface area is 121 Å². The minimum absolute atomic E-state index is 0.721. The fourth-order valence-electron chi connectivity index (χ4n) is 1.99. The Morgan fingerprint density at radius 3 is 2.89 bits per heavy atom. The Morgan fingerprint density at radius 1 is 1.42 bits per heavy atom. The molecule has 0 saturated heterocycles. The molecular formula is C14H17BrN2O2. The number of aliphatic hydroxyl groups is 1. The van der Waals surface area contributed by atoms with Gasteiger partial charge in [-0.2, -0.15) is 5.10 Å². The fraction of sp³-hybridized carbons (Fsp3) is 0.357. The third-order valence-electron chi connectivity index (χ3n) is 2.96. The van der Waals surface area contributed by atoms with Gasteiger partial charge in [-0.15, -0.1) is 0 Å². The van der Waals surface area contributed by atoms with Gasteiger partial charge in [0, 0.05) is 22.8 Å². The second kappa shape index (κ2) is 6.21. The molecule has 102 valence electrons. The number of hydrogen-bond acceptors (Lipinski definition) is 3. The Kier molecular flexibility index (Phi) is 4.61. The number of methoxy groups -OCH3 is 1. The van der Waals surface area contributed by atoms with Crippen LogP contribution in [0.3, 0.4) is 0 Å². The first kappa shape index (κ1) is 14.1. The van der Waals surface area contributed by atoms with Crippen molar-refractivity contribution >= 4 is 15.9 Å². The summed E-state index contributed by atoms with van der Waals surface area (Å²) >= 11 is 3.46. The predicted octanol–water partition coefficient (Wildman–Crippen LogP) is 3.15. The molecule has 1 atom stereocenters. The van der Waals surface area contributed by atoms with Gasteiger partial charge in [-0.3, -0.25) is 4.68 Å².